The van der Waals surface area contributed by atoms with Gasteiger partial charge in [0.15, 0.2) is 0 Å². The number of unbranched alkanes of at least 4 members (excludes halogenated alkanes) is 2. The molecule has 1 heterocycles. The lowest BCUT2D eigenvalue weighted by Crippen LogP contribution is -2.34. The van der Waals surface area contributed by atoms with Crippen LogP contribution in [0.2, 0.25) is 0 Å². The minimum Gasteiger partial charge on any atom is -0.308 e. The van der Waals surface area contributed by atoms with Crippen LogP contribution in [0.1, 0.15) is 52.5 Å². The molecule has 0 amide bonds. The van der Waals surface area contributed by atoms with Gasteiger partial charge in [-0.15, -0.1) is 0 Å². The van der Waals surface area contributed by atoms with E-state index in [1.807, 2.05) is 6.20 Å². The summed E-state index contributed by atoms with van der Waals surface area (Å²) in [4.78, 5) is 0. The lowest BCUT2D eigenvalue weighted by atomic mass is 10.1. The fourth-order valence-corrected chi connectivity index (χ4v) is 1.51. The maximum atomic E-state index is 4.37. The van der Waals surface area contributed by atoms with Gasteiger partial charge in [0, 0.05) is 30.4 Å². The number of nitrogens with one attached hydrogen (secondary N) is 1. The third-order valence-electron chi connectivity index (χ3n) is 2.50. The van der Waals surface area contributed by atoms with Crippen LogP contribution in [0.3, 0.4) is 0 Å². The Labute approximate surface area is 99.2 Å². The summed E-state index contributed by atoms with van der Waals surface area (Å²) < 4.78 is 2.05. The van der Waals surface area contributed by atoms with E-state index in [-0.39, 0.29) is 5.54 Å². The molecule has 0 saturated carbocycles. The Bertz CT molecular complexity index is 296. The van der Waals surface area contributed by atoms with E-state index in [0.29, 0.717) is 0 Å². The Kier molecular flexibility index (Phi) is 5.00. The number of rotatable bonds is 6. The normalized spacial score (nSPS) is 12.0. The minimum absolute atomic E-state index is 0.171. The average molecular weight is 223 g/mol. The van der Waals surface area contributed by atoms with Crippen LogP contribution in [-0.4, -0.2) is 15.3 Å². The van der Waals surface area contributed by atoms with E-state index in [4.69, 9.17) is 0 Å². The first-order chi connectivity index (χ1) is 7.51. The van der Waals surface area contributed by atoms with Crippen molar-refractivity contribution in [3.8, 4) is 0 Å². The monoisotopic (exact) mass is 223 g/mol. The first kappa shape index (κ1) is 13.2. The molecule has 0 fully saturated rings. The third-order valence-corrected chi connectivity index (χ3v) is 2.50. The van der Waals surface area contributed by atoms with E-state index in [1.54, 1.807) is 0 Å². The van der Waals surface area contributed by atoms with Crippen LogP contribution in [0.5, 0.6) is 0 Å². The van der Waals surface area contributed by atoms with Gasteiger partial charge in [-0.2, -0.15) is 5.10 Å². The van der Waals surface area contributed by atoms with E-state index in [2.05, 4.69) is 49.0 Å². The Balaban J connectivity index is 2.33. The van der Waals surface area contributed by atoms with Gasteiger partial charge in [-0.05, 0) is 27.2 Å². The number of hydrogen-bond donors (Lipinski definition) is 1. The molecule has 3 nitrogen and oxygen atoms in total. The van der Waals surface area contributed by atoms with Gasteiger partial charge in [0.1, 0.15) is 0 Å². The maximum absolute atomic E-state index is 4.37. The molecule has 0 unspecified atom stereocenters. The second-order valence-electron chi connectivity index (χ2n) is 5.42. The van der Waals surface area contributed by atoms with Crippen molar-refractivity contribution in [3.05, 3.63) is 18.0 Å². The summed E-state index contributed by atoms with van der Waals surface area (Å²) in [6.07, 6.45) is 7.89. The summed E-state index contributed by atoms with van der Waals surface area (Å²) in [5.74, 6) is 0. The van der Waals surface area contributed by atoms with Gasteiger partial charge in [-0.25, -0.2) is 0 Å². The second kappa shape index (κ2) is 6.04. The van der Waals surface area contributed by atoms with Crippen LogP contribution >= 0.6 is 0 Å². The predicted molar refractivity (Wildman–Crippen MR) is 68.3 cm³/mol. The van der Waals surface area contributed by atoms with Gasteiger partial charge in [-0.1, -0.05) is 19.8 Å². The fourth-order valence-electron chi connectivity index (χ4n) is 1.51. The van der Waals surface area contributed by atoms with Crippen molar-refractivity contribution >= 4 is 0 Å². The molecule has 0 radical (unpaired) electrons. The summed E-state index contributed by atoms with van der Waals surface area (Å²) >= 11 is 0. The lowest BCUT2D eigenvalue weighted by Gasteiger charge is -2.19. The van der Waals surface area contributed by atoms with E-state index in [1.165, 1.54) is 24.8 Å². The second-order valence-corrected chi connectivity index (χ2v) is 5.42. The average Bonchev–Trinajstić information content (AvgIpc) is 2.62. The highest BCUT2D eigenvalue weighted by molar-refractivity contribution is 5.03. The molecule has 16 heavy (non-hydrogen) atoms. The smallest absolute Gasteiger partial charge is 0.0534 e. The third kappa shape index (κ3) is 5.31. The molecule has 1 aromatic rings. The zero-order valence-corrected chi connectivity index (χ0v) is 11.1. The molecule has 0 aromatic carbocycles. The zero-order chi connectivity index (χ0) is 12.0. The molecule has 3 heteroatoms. The minimum atomic E-state index is 0.171. The summed E-state index contributed by atoms with van der Waals surface area (Å²) in [5.41, 5.74) is 1.44. The van der Waals surface area contributed by atoms with Crippen LogP contribution in [-0.2, 0) is 13.1 Å². The molecule has 0 saturated heterocycles. The van der Waals surface area contributed by atoms with Gasteiger partial charge in [-0.3, -0.25) is 4.68 Å². The molecule has 1 aromatic heterocycles. The first-order valence-electron chi connectivity index (χ1n) is 6.27. The molecule has 1 rings (SSSR count). The molecule has 0 aliphatic rings. The van der Waals surface area contributed by atoms with Crippen molar-refractivity contribution in [1.82, 2.24) is 15.1 Å². The fraction of sp³-hybridized carbons (Fsp3) is 0.769. The van der Waals surface area contributed by atoms with Gasteiger partial charge in [0.05, 0.1) is 6.20 Å². The number of nitrogens with zero attached hydrogens (tertiary/aromatic N) is 2. The van der Waals surface area contributed by atoms with Crippen LogP contribution in [0.15, 0.2) is 12.4 Å². The summed E-state index contributed by atoms with van der Waals surface area (Å²) in [5, 5.41) is 7.83. The standard InChI is InChI=1S/C13H25N3/c1-5-6-7-8-16-11-12(10-15-16)9-14-13(2,3)4/h10-11,14H,5-9H2,1-4H3. The molecule has 0 spiro atoms. The Morgan fingerprint density at radius 3 is 2.69 bits per heavy atom. The molecule has 0 bridgehead atoms. The molecule has 0 atom stereocenters. The van der Waals surface area contributed by atoms with Crippen LogP contribution in [0, 0.1) is 0 Å². The van der Waals surface area contributed by atoms with Crippen LogP contribution < -0.4 is 5.32 Å². The van der Waals surface area contributed by atoms with Crippen molar-refractivity contribution in [1.29, 1.82) is 0 Å². The Hall–Kier alpha value is -0.830. The highest BCUT2D eigenvalue weighted by atomic mass is 15.3. The number of hydrogen-bond acceptors (Lipinski definition) is 2. The predicted octanol–water partition coefficient (Wildman–Crippen LogP) is 2.96. The number of aromatic nitrogens is 2. The van der Waals surface area contributed by atoms with Crippen molar-refractivity contribution in [2.75, 3.05) is 0 Å². The van der Waals surface area contributed by atoms with Gasteiger partial charge >= 0.3 is 0 Å². The molecular weight excluding hydrogens is 198 g/mol. The van der Waals surface area contributed by atoms with Gasteiger partial charge < -0.3 is 5.32 Å². The largest absolute Gasteiger partial charge is 0.308 e. The van der Waals surface area contributed by atoms with E-state index in [9.17, 15) is 0 Å². The van der Waals surface area contributed by atoms with E-state index >= 15 is 0 Å². The molecule has 1 N–H and O–H groups in total. The molecule has 0 aliphatic heterocycles. The van der Waals surface area contributed by atoms with Crippen molar-refractivity contribution in [2.24, 2.45) is 0 Å². The number of aryl methyl sites for hydroxylation is 1. The molecular formula is C13H25N3. The Morgan fingerprint density at radius 2 is 2.06 bits per heavy atom. The lowest BCUT2D eigenvalue weighted by molar-refractivity contribution is 0.424. The highest BCUT2D eigenvalue weighted by Gasteiger charge is 2.08. The van der Waals surface area contributed by atoms with Gasteiger partial charge in [0.25, 0.3) is 0 Å². The van der Waals surface area contributed by atoms with E-state index in [0.717, 1.165) is 13.1 Å². The topological polar surface area (TPSA) is 29.9 Å². The Morgan fingerprint density at radius 1 is 1.31 bits per heavy atom. The highest BCUT2D eigenvalue weighted by Crippen LogP contribution is 2.04. The van der Waals surface area contributed by atoms with Gasteiger partial charge in [0.2, 0.25) is 0 Å². The summed E-state index contributed by atoms with van der Waals surface area (Å²) in [7, 11) is 0. The summed E-state index contributed by atoms with van der Waals surface area (Å²) in [6.45, 7) is 10.7. The van der Waals surface area contributed by atoms with Crippen molar-refractivity contribution < 1.29 is 0 Å². The quantitative estimate of drug-likeness (QED) is 0.751. The first-order valence-corrected chi connectivity index (χ1v) is 6.27. The van der Waals surface area contributed by atoms with Crippen LogP contribution in [0.4, 0.5) is 0 Å². The molecule has 0 aliphatic carbocycles. The molecule has 92 valence electrons. The van der Waals surface area contributed by atoms with Crippen molar-refractivity contribution in [3.63, 3.8) is 0 Å². The maximum Gasteiger partial charge on any atom is 0.0534 e. The summed E-state index contributed by atoms with van der Waals surface area (Å²) in [6, 6.07) is 0. The zero-order valence-electron chi connectivity index (χ0n) is 11.1. The SMILES string of the molecule is CCCCCn1cc(CNC(C)(C)C)cn1. The van der Waals surface area contributed by atoms with Crippen LogP contribution in [0.25, 0.3) is 0 Å². The van der Waals surface area contributed by atoms with E-state index < -0.39 is 0 Å². The van der Waals surface area contributed by atoms with Crippen molar-refractivity contribution in [2.45, 2.75) is 65.6 Å².